The summed E-state index contributed by atoms with van der Waals surface area (Å²) in [7, 11) is 1.93. The maximum atomic E-state index is 14.2. The van der Waals surface area contributed by atoms with Gasteiger partial charge in [-0.3, -0.25) is 9.20 Å². The Balaban J connectivity index is 1.33. The van der Waals surface area contributed by atoms with Crippen LogP contribution in [-0.2, 0) is 6.42 Å². The predicted octanol–water partition coefficient (Wildman–Crippen LogP) is 6.49. The van der Waals surface area contributed by atoms with Crippen molar-refractivity contribution in [2.45, 2.75) is 6.42 Å². The van der Waals surface area contributed by atoms with Gasteiger partial charge in [-0.1, -0.05) is 36.4 Å². The first-order chi connectivity index (χ1) is 21.0. The maximum absolute atomic E-state index is 14.2. The average Bonchev–Trinajstić information content (AvgIpc) is 3.41. The zero-order valence-electron chi connectivity index (χ0n) is 23.2. The van der Waals surface area contributed by atoms with Gasteiger partial charge in [0.1, 0.15) is 22.8 Å². The molecule has 0 unspecified atom stereocenters. The summed E-state index contributed by atoms with van der Waals surface area (Å²) in [6, 6.07) is 25.8. The Morgan fingerprint density at radius 1 is 0.860 bits per heavy atom. The minimum absolute atomic E-state index is 0.358. The second-order valence-corrected chi connectivity index (χ2v) is 9.81. The molecule has 0 aliphatic rings. The van der Waals surface area contributed by atoms with E-state index in [4.69, 9.17) is 9.97 Å². The second kappa shape index (κ2) is 12.2. The zero-order chi connectivity index (χ0) is 29.8. The number of amides is 1. The van der Waals surface area contributed by atoms with Crippen LogP contribution in [0.15, 0.2) is 103 Å². The lowest BCUT2D eigenvalue weighted by Crippen LogP contribution is -2.15. The monoisotopic (exact) mass is 575 g/mol. The molecule has 0 bridgehead atoms. The number of aromatic nitrogens is 4. The van der Waals surface area contributed by atoms with Crippen LogP contribution in [0.2, 0.25) is 0 Å². The molecule has 0 saturated heterocycles. The van der Waals surface area contributed by atoms with Gasteiger partial charge in [-0.15, -0.1) is 0 Å². The van der Waals surface area contributed by atoms with Crippen LogP contribution in [0.5, 0.6) is 0 Å². The predicted molar refractivity (Wildman–Crippen MR) is 163 cm³/mol. The number of hydrogen-bond donors (Lipinski definition) is 3. The van der Waals surface area contributed by atoms with Gasteiger partial charge in [-0.25, -0.2) is 23.7 Å². The molecule has 0 fully saturated rings. The number of fused-ring (bicyclic) bond motifs is 1. The number of imidazole rings is 1. The standard InChI is InChI=1S/C33H27F2N7O/c1-36-17-15-21-11-13-23(14-12-21)39-33-37-18-16-27(40-33)31-30(41-28-10-2-3-19-42(28)31)22-6-4-7-24(20-22)38-32(43)29-25(34)8-5-9-26(29)35/h2-14,16,18-20,36H,15,17H2,1H3,(H,38,43)(H,37,39,40). The smallest absolute Gasteiger partial charge is 0.261 e. The van der Waals surface area contributed by atoms with Crippen molar-refractivity contribution in [3.63, 3.8) is 0 Å². The number of anilines is 3. The maximum Gasteiger partial charge on any atom is 0.261 e. The molecule has 3 N–H and O–H groups in total. The highest BCUT2D eigenvalue weighted by atomic mass is 19.1. The van der Waals surface area contributed by atoms with Crippen LogP contribution in [0.4, 0.5) is 26.1 Å². The molecule has 43 heavy (non-hydrogen) atoms. The number of hydrogen-bond acceptors (Lipinski definition) is 6. The number of likely N-dealkylation sites (N-methyl/N-ethyl adjacent to an activating group) is 1. The molecule has 6 aromatic rings. The Labute approximate surface area is 246 Å². The van der Waals surface area contributed by atoms with Gasteiger partial charge >= 0.3 is 0 Å². The molecule has 0 radical (unpaired) electrons. The number of pyridine rings is 1. The number of nitrogens with zero attached hydrogens (tertiary/aromatic N) is 4. The zero-order valence-corrected chi connectivity index (χ0v) is 23.2. The molecular formula is C33H27F2N7O. The third kappa shape index (κ3) is 5.95. The molecule has 8 nitrogen and oxygen atoms in total. The van der Waals surface area contributed by atoms with E-state index in [1.807, 2.05) is 54.0 Å². The molecule has 6 rings (SSSR count). The lowest BCUT2D eigenvalue weighted by atomic mass is 10.1. The van der Waals surface area contributed by atoms with E-state index in [-0.39, 0.29) is 0 Å². The fraction of sp³-hybridized carbons (Fsp3) is 0.0909. The van der Waals surface area contributed by atoms with Gasteiger partial charge in [-0.05, 0) is 80.2 Å². The van der Waals surface area contributed by atoms with Crippen molar-refractivity contribution in [1.29, 1.82) is 0 Å². The van der Waals surface area contributed by atoms with Crippen molar-refractivity contribution >= 4 is 28.9 Å². The van der Waals surface area contributed by atoms with E-state index in [9.17, 15) is 13.6 Å². The van der Waals surface area contributed by atoms with Crippen LogP contribution in [0.25, 0.3) is 28.3 Å². The van der Waals surface area contributed by atoms with E-state index >= 15 is 0 Å². The SMILES string of the molecule is CNCCc1ccc(Nc2nccc(-c3c(-c4cccc(NC(=O)c5c(F)cccc5F)c4)nc4ccccn34)n2)cc1. The second-order valence-electron chi connectivity index (χ2n) is 9.81. The highest BCUT2D eigenvalue weighted by Gasteiger charge is 2.20. The fourth-order valence-electron chi connectivity index (χ4n) is 4.80. The fourth-order valence-corrected chi connectivity index (χ4v) is 4.80. The summed E-state index contributed by atoms with van der Waals surface area (Å²) >= 11 is 0. The molecule has 3 heterocycles. The Hall–Kier alpha value is -5.48. The first-order valence-electron chi connectivity index (χ1n) is 13.7. The molecule has 0 aliphatic carbocycles. The summed E-state index contributed by atoms with van der Waals surface area (Å²) in [5.74, 6) is -2.34. The highest BCUT2D eigenvalue weighted by Crippen LogP contribution is 2.33. The van der Waals surface area contributed by atoms with Crippen LogP contribution < -0.4 is 16.0 Å². The van der Waals surface area contributed by atoms with E-state index < -0.39 is 23.1 Å². The van der Waals surface area contributed by atoms with Crippen molar-refractivity contribution < 1.29 is 13.6 Å². The molecule has 1 amide bonds. The lowest BCUT2D eigenvalue weighted by Gasteiger charge is -2.10. The first kappa shape index (κ1) is 27.7. The molecule has 3 aromatic carbocycles. The van der Waals surface area contributed by atoms with Crippen molar-refractivity contribution in [2.24, 2.45) is 0 Å². The van der Waals surface area contributed by atoms with Gasteiger partial charge < -0.3 is 16.0 Å². The highest BCUT2D eigenvalue weighted by molar-refractivity contribution is 6.05. The molecule has 0 aliphatic heterocycles. The van der Waals surface area contributed by atoms with Crippen LogP contribution in [0, 0.1) is 11.6 Å². The van der Waals surface area contributed by atoms with E-state index in [1.54, 1.807) is 30.5 Å². The summed E-state index contributed by atoms with van der Waals surface area (Å²) in [5.41, 5.74) is 5.12. The summed E-state index contributed by atoms with van der Waals surface area (Å²) < 4.78 is 30.3. The van der Waals surface area contributed by atoms with Crippen molar-refractivity contribution in [3.8, 4) is 22.6 Å². The Morgan fingerprint density at radius 2 is 1.65 bits per heavy atom. The molecule has 0 saturated carbocycles. The van der Waals surface area contributed by atoms with Crippen LogP contribution >= 0.6 is 0 Å². The number of nitrogens with one attached hydrogen (secondary N) is 3. The van der Waals surface area contributed by atoms with Crippen molar-refractivity contribution in [2.75, 3.05) is 24.2 Å². The van der Waals surface area contributed by atoms with Gasteiger partial charge in [0.2, 0.25) is 5.95 Å². The van der Waals surface area contributed by atoms with Crippen molar-refractivity contribution in [3.05, 3.63) is 126 Å². The summed E-state index contributed by atoms with van der Waals surface area (Å²) in [5, 5.41) is 9.03. The number of rotatable bonds is 9. The molecule has 10 heteroatoms. The van der Waals surface area contributed by atoms with Gasteiger partial charge in [0, 0.05) is 29.3 Å². The molecule has 0 atom stereocenters. The number of halogens is 2. The third-order valence-electron chi connectivity index (χ3n) is 6.89. The van der Waals surface area contributed by atoms with Gasteiger partial charge in [0.25, 0.3) is 5.91 Å². The number of carbonyl (C=O) groups is 1. The van der Waals surface area contributed by atoms with E-state index in [0.717, 1.165) is 30.8 Å². The van der Waals surface area contributed by atoms with Crippen molar-refractivity contribution in [1.82, 2.24) is 24.7 Å². The molecular weight excluding hydrogens is 548 g/mol. The molecule has 3 aromatic heterocycles. The minimum Gasteiger partial charge on any atom is -0.324 e. The van der Waals surface area contributed by atoms with Crippen LogP contribution in [0.1, 0.15) is 15.9 Å². The quantitative estimate of drug-likeness (QED) is 0.182. The number of benzene rings is 3. The van der Waals surface area contributed by atoms with E-state index in [1.165, 1.54) is 11.6 Å². The topological polar surface area (TPSA) is 96.2 Å². The van der Waals surface area contributed by atoms with Crippen LogP contribution in [-0.4, -0.2) is 38.9 Å². The summed E-state index contributed by atoms with van der Waals surface area (Å²) in [6.07, 6.45) is 4.51. The van der Waals surface area contributed by atoms with Gasteiger partial charge in [-0.2, -0.15) is 0 Å². The largest absolute Gasteiger partial charge is 0.324 e. The molecule has 0 spiro atoms. The first-order valence-corrected chi connectivity index (χ1v) is 13.7. The average molecular weight is 576 g/mol. The van der Waals surface area contributed by atoms with Crippen LogP contribution in [0.3, 0.4) is 0 Å². The summed E-state index contributed by atoms with van der Waals surface area (Å²) in [4.78, 5) is 26.8. The Kier molecular flexibility index (Phi) is 7.84. The molecule has 214 valence electrons. The normalized spacial score (nSPS) is 11.0. The van der Waals surface area contributed by atoms with E-state index in [0.29, 0.717) is 39.9 Å². The Bertz CT molecular complexity index is 1900. The number of carbonyl (C=O) groups excluding carboxylic acids is 1. The van der Waals surface area contributed by atoms with Gasteiger partial charge in [0.05, 0.1) is 17.1 Å². The van der Waals surface area contributed by atoms with Gasteiger partial charge in [0.15, 0.2) is 0 Å². The summed E-state index contributed by atoms with van der Waals surface area (Å²) in [6.45, 7) is 0.902. The Morgan fingerprint density at radius 3 is 2.44 bits per heavy atom. The minimum atomic E-state index is -0.936. The third-order valence-corrected chi connectivity index (χ3v) is 6.89. The van der Waals surface area contributed by atoms with E-state index in [2.05, 4.69) is 33.1 Å². The lowest BCUT2D eigenvalue weighted by molar-refractivity contribution is 0.101.